The molecule has 0 aliphatic rings. The Morgan fingerprint density at radius 2 is 0.508 bits per heavy atom. The van der Waals surface area contributed by atoms with E-state index < -0.39 is 15.2 Å². The lowest BCUT2D eigenvalue weighted by atomic mass is 9.82. The van der Waals surface area contributed by atoms with Gasteiger partial charge in [-0.05, 0) is 71.5 Å². The molecule has 0 aromatic rings. The number of carbonyl (C=O) groups is 8. The molecule has 0 bridgehead atoms. The molecule has 0 aromatic heterocycles. The lowest BCUT2D eigenvalue weighted by Gasteiger charge is -2.31. The Bertz CT molecular complexity index is 2940. The van der Waals surface area contributed by atoms with Crippen LogP contribution in [0.25, 0.3) is 0 Å². The summed E-state index contributed by atoms with van der Waals surface area (Å²) in [5, 5.41) is 36.8. The molecular weight excluding hydrogens is 1640 g/mol. The molecule has 0 saturated heterocycles. The smallest absolute Gasteiger partial charge is 0.319 e. The third-order valence-corrected chi connectivity index (χ3v) is 20.4. The van der Waals surface area contributed by atoms with Crippen LogP contribution >= 0.6 is 15.2 Å². The van der Waals surface area contributed by atoms with Gasteiger partial charge in [-0.25, -0.2) is 0 Å². The van der Waals surface area contributed by atoms with E-state index in [9.17, 15) is 58.0 Å². The van der Waals surface area contributed by atoms with Crippen LogP contribution in [0.2, 0.25) is 0 Å². The Morgan fingerprint density at radius 3 is 0.718 bits per heavy atom. The molecule has 32 nitrogen and oxygen atoms in total. The SMILES string of the molecule is C.C.CC(C(=O)OCCN(C)C)C(C)(C)C.CC(C(=O)OCCO)C(C)(C)C.CC(C(=O)OCC[N+](C)(C)C)C(C)(C)C.CC(C(=O)OCC[N+](C)(C)CCCP(=O)(O)O[O-])C(C)(C)C.CC(C)(C)CC(=O)OCCO.CC(C)(C)CC(=O)OCC[N+](C)(C)C.CC(C)(C)CC(=O)OCC[N+](C)(C)CCCP(=O)(O)O[O-].CN(C)CCOC(=O)CC(C)(C)C. The first-order chi connectivity index (χ1) is 54.2. The monoisotopic (exact) mass is 1840 g/mol. The summed E-state index contributed by atoms with van der Waals surface area (Å²) < 4.78 is 72.0. The minimum Gasteiger partial charge on any atom is -0.716 e. The van der Waals surface area contributed by atoms with Crippen LogP contribution in [0.5, 0.6) is 0 Å². The van der Waals surface area contributed by atoms with Crippen LogP contribution in [-0.2, 0) is 94.7 Å². The molecule has 0 aliphatic heterocycles. The number of aliphatic hydroxyl groups excluding tert-OH is 2. The van der Waals surface area contributed by atoms with Gasteiger partial charge in [0.2, 0.25) is 0 Å². The van der Waals surface area contributed by atoms with Gasteiger partial charge >= 0.3 is 62.9 Å². The lowest BCUT2D eigenvalue weighted by Crippen LogP contribution is -2.44. The van der Waals surface area contributed by atoms with E-state index in [1.54, 1.807) is 0 Å². The maximum Gasteiger partial charge on any atom is 0.319 e. The molecule has 0 amide bonds. The number of rotatable bonds is 40. The summed E-state index contributed by atoms with van der Waals surface area (Å²) in [4.78, 5) is 113. The Balaban J connectivity index is -0.000000151. The predicted octanol–water partition coefficient (Wildman–Crippen LogP) is 12.4. The summed E-state index contributed by atoms with van der Waals surface area (Å²) in [6, 6.07) is 0. The zero-order chi connectivity index (χ0) is 98.5. The summed E-state index contributed by atoms with van der Waals surface area (Å²) in [5.41, 5.74) is -0.338. The van der Waals surface area contributed by atoms with Crippen molar-refractivity contribution in [1.29, 1.82) is 0 Å². The summed E-state index contributed by atoms with van der Waals surface area (Å²) in [6.45, 7) is 64.0. The molecule has 748 valence electrons. The largest absolute Gasteiger partial charge is 0.716 e. The van der Waals surface area contributed by atoms with Gasteiger partial charge in [-0.3, -0.25) is 47.5 Å². The fourth-order valence-corrected chi connectivity index (χ4v) is 9.41. The van der Waals surface area contributed by atoms with Crippen molar-refractivity contribution < 1.29 is 143 Å². The van der Waals surface area contributed by atoms with Crippen LogP contribution in [0.3, 0.4) is 0 Å². The van der Waals surface area contributed by atoms with Crippen molar-refractivity contribution in [3.8, 4) is 0 Å². The van der Waals surface area contributed by atoms with E-state index in [0.29, 0.717) is 113 Å². The normalized spacial score (nSPS) is 14.1. The van der Waals surface area contributed by atoms with E-state index >= 15 is 0 Å². The number of hydrogen-bond acceptors (Lipinski definition) is 26. The minimum absolute atomic E-state index is 0. The Labute approximate surface area is 756 Å². The van der Waals surface area contributed by atoms with Crippen molar-refractivity contribution in [2.24, 2.45) is 67.0 Å². The molecule has 4 N–H and O–H groups in total. The van der Waals surface area contributed by atoms with Crippen LogP contribution in [0.15, 0.2) is 0 Å². The molecule has 0 saturated carbocycles. The summed E-state index contributed by atoms with van der Waals surface area (Å²) in [7, 11) is 20.1. The number of aliphatic hydroxyl groups is 2. The number of likely N-dealkylation sites (N-methyl/N-ethyl adjacent to an activating group) is 6. The van der Waals surface area contributed by atoms with Gasteiger partial charge in [0.1, 0.15) is 79.0 Å². The number of nitrogens with zero attached hydrogens (tertiary/aromatic N) is 6. The van der Waals surface area contributed by atoms with E-state index in [-0.39, 0.29) is 168 Å². The number of quaternary nitrogens is 4. The highest BCUT2D eigenvalue weighted by Crippen LogP contribution is 2.41. The van der Waals surface area contributed by atoms with Gasteiger partial charge in [0, 0.05) is 25.9 Å². The van der Waals surface area contributed by atoms with E-state index in [2.05, 4.69) is 77.1 Å². The molecule has 0 heterocycles. The topological polar surface area (TPSA) is 397 Å². The maximum atomic E-state index is 11.9. The van der Waals surface area contributed by atoms with Crippen LogP contribution in [0, 0.1) is 67.0 Å². The van der Waals surface area contributed by atoms with E-state index in [4.69, 9.17) is 53.2 Å². The fourth-order valence-electron chi connectivity index (χ4n) is 8.18. The van der Waals surface area contributed by atoms with Gasteiger partial charge in [0.05, 0.1) is 158 Å². The molecule has 6 atom stereocenters. The first kappa shape index (κ1) is 140. The lowest BCUT2D eigenvalue weighted by molar-refractivity contribution is -0.890. The molecule has 0 aromatic carbocycles. The van der Waals surface area contributed by atoms with Crippen molar-refractivity contribution in [1.82, 2.24) is 9.80 Å². The third-order valence-electron chi connectivity index (χ3n) is 18.2. The van der Waals surface area contributed by atoms with E-state index in [0.717, 1.165) is 35.1 Å². The van der Waals surface area contributed by atoms with Crippen LogP contribution < -0.4 is 10.5 Å². The molecule has 0 rings (SSSR count). The zero-order valence-corrected chi connectivity index (χ0v) is 86.8. The van der Waals surface area contributed by atoms with E-state index in [1.807, 2.05) is 239 Å². The van der Waals surface area contributed by atoms with Crippen LogP contribution in [0.1, 0.15) is 247 Å². The van der Waals surface area contributed by atoms with Gasteiger partial charge < -0.3 is 105 Å². The average molecular weight is 1840 g/mol. The Kier molecular flexibility index (Phi) is 74.7. The van der Waals surface area contributed by atoms with Crippen molar-refractivity contribution >= 4 is 62.9 Å². The van der Waals surface area contributed by atoms with Crippen molar-refractivity contribution in [2.75, 3.05) is 229 Å². The molecule has 0 spiro atoms. The highest BCUT2D eigenvalue weighted by molar-refractivity contribution is 7.52. The fraction of sp³-hybridized carbons (Fsp3) is 0.911. The first-order valence-electron chi connectivity index (χ1n) is 42.5. The molecule has 124 heavy (non-hydrogen) atoms. The average Bonchev–Trinajstić information content (AvgIpc) is 0.895. The van der Waals surface area contributed by atoms with Crippen LogP contribution in [0.4, 0.5) is 0 Å². The molecule has 0 aliphatic carbocycles. The standard InChI is InChI=1S/C14H30NO6P.C13H28NO6P.C12H26NO2.C11H24NO2.C11H23NO2.C10H21NO2.C9H18O3.C8H16O3.2CH4/c1-12(14(2,3)4)13(16)20-10-9-15(5,6)8-7-11-22(18,19)21-17;1-13(2,3)11-12(15)19-9-8-14(4,5)7-6-10-21(17,18)20-16;1-10(12(2,3)4)11(14)15-9-8-13(5,6)7;1-11(2,3)9-10(13)14-8-7-12(4,5)6;1-9(11(2,3)4)10(13)14-8-7-12(5)6;1-10(2,3)8-9(12)13-7-6-11(4)5;1-7(9(2,3)4)8(11)12-6-5-10;1-8(2,3)6-7(10)11-5-4-9;;/h12H,7-11H2,1-6H3,(H-,17,18,19);6-11H2,1-5H3,(H-,16,17,18);10H,8-9H2,1-7H3;7-9H2,1-6H3;9H,7-8H2,1-6H3;6-8H2,1-5H3;7,10H,5-6H2,1-4H3;9H,4-6H2,1-3H3;2*1H4/q;;2*+1;;;;;;. The number of carbonyl (C=O) groups excluding carboxylic acids is 8. The molecule has 0 radical (unpaired) electrons. The second kappa shape index (κ2) is 66.1. The second-order valence-electron chi connectivity index (χ2n) is 44.3. The summed E-state index contributed by atoms with van der Waals surface area (Å²) in [6.07, 6.45) is 2.18. The molecule has 34 heteroatoms. The van der Waals surface area contributed by atoms with Gasteiger partial charge in [-0.2, -0.15) is 0 Å². The highest BCUT2D eigenvalue weighted by Gasteiger charge is 2.33. The van der Waals surface area contributed by atoms with Gasteiger partial charge in [0.15, 0.2) is 0 Å². The summed E-state index contributed by atoms with van der Waals surface area (Å²) >= 11 is 0. The zero-order valence-electron chi connectivity index (χ0n) is 85.0. The summed E-state index contributed by atoms with van der Waals surface area (Å²) in [5.74, 6) is -1.72. The van der Waals surface area contributed by atoms with E-state index in [1.165, 1.54) is 0 Å². The van der Waals surface area contributed by atoms with Gasteiger partial charge in [-0.1, -0.05) is 209 Å². The van der Waals surface area contributed by atoms with Crippen molar-refractivity contribution in [3.63, 3.8) is 0 Å². The van der Waals surface area contributed by atoms with Gasteiger partial charge in [0.25, 0.3) is 0 Å². The van der Waals surface area contributed by atoms with Crippen molar-refractivity contribution in [3.05, 3.63) is 0 Å². The van der Waals surface area contributed by atoms with Gasteiger partial charge in [-0.15, -0.1) is 0 Å². The second-order valence-corrected chi connectivity index (χ2v) is 48.0. The number of ether oxygens (including phenoxy) is 8. The predicted molar refractivity (Wildman–Crippen MR) is 493 cm³/mol. The maximum absolute atomic E-state index is 11.9. The highest BCUT2D eigenvalue weighted by atomic mass is 31.2. The number of esters is 8. The molecule has 6 unspecified atom stereocenters. The quantitative estimate of drug-likeness (QED) is 0.0111. The Morgan fingerprint density at radius 1 is 0.323 bits per heavy atom. The van der Waals surface area contributed by atoms with Crippen molar-refractivity contribution in [2.45, 2.75) is 247 Å². The first-order valence-corrected chi connectivity index (χ1v) is 46.1. The number of hydrogen-bond donors (Lipinski definition) is 4. The Hall–Kier alpha value is -4.34. The third kappa shape index (κ3) is 101. The molecule has 0 fully saturated rings. The molecular formula is C90H194N6O26P2+2. The minimum atomic E-state index is -3.98. The van der Waals surface area contributed by atoms with Crippen LogP contribution in [-0.4, -0.2) is 325 Å².